The van der Waals surface area contributed by atoms with Gasteiger partial charge in [0.05, 0.1) is 10.8 Å². The zero-order valence-corrected chi connectivity index (χ0v) is 15.1. The summed E-state index contributed by atoms with van der Waals surface area (Å²) in [5.41, 5.74) is 2.03. The van der Waals surface area contributed by atoms with Crippen molar-refractivity contribution < 1.29 is 20.1 Å². The van der Waals surface area contributed by atoms with Gasteiger partial charge in [-0.1, -0.05) is 0 Å². The number of hydrogen-bond donors (Lipinski definition) is 0. The van der Waals surface area contributed by atoms with Gasteiger partial charge in [0.2, 0.25) is 0 Å². The van der Waals surface area contributed by atoms with Crippen LogP contribution in [0.1, 0.15) is 25.8 Å². The number of nitrogens with zero attached hydrogens (tertiary/aromatic N) is 3. The molecule has 0 bridgehead atoms. The summed E-state index contributed by atoms with van der Waals surface area (Å²) in [5, 5.41) is 1.08. The fourth-order valence-electron chi connectivity index (χ4n) is 2.16. The van der Waals surface area contributed by atoms with Gasteiger partial charge >= 0.3 is 0 Å². The first-order valence-corrected chi connectivity index (χ1v) is 7.10. The van der Waals surface area contributed by atoms with E-state index in [9.17, 15) is 0 Å². The minimum atomic E-state index is 0. The first-order valence-electron chi connectivity index (χ1n) is 6.28. The van der Waals surface area contributed by atoms with Gasteiger partial charge in [-0.15, -0.1) is 23.8 Å². The van der Waals surface area contributed by atoms with E-state index in [4.69, 9.17) is 0 Å². The third-order valence-corrected chi connectivity index (χ3v) is 3.97. The molecule has 107 valence electrons. The second-order valence-electron chi connectivity index (χ2n) is 5.62. The van der Waals surface area contributed by atoms with Crippen molar-refractivity contribution >= 4 is 21.6 Å². The predicted molar refractivity (Wildman–Crippen MR) is 79.4 cm³/mol. The van der Waals surface area contributed by atoms with E-state index in [2.05, 4.69) is 47.4 Å². The van der Waals surface area contributed by atoms with Gasteiger partial charge in [0.15, 0.2) is 0 Å². The Kier molecular flexibility index (Phi) is 4.14. The fourth-order valence-corrected chi connectivity index (χ4v) is 2.95. The van der Waals surface area contributed by atoms with Crippen molar-refractivity contribution in [3.05, 3.63) is 35.6 Å². The first kappa shape index (κ1) is 15.4. The largest absolute Gasteiger partial charge is 0.366 e. The van der Waals surface area contributed by atoms with E-state index >= 15 is 0 Å². The molecule has 3 nitrogen and oxygen atoms in total. The van der Waals surface area contributed by atoms with Crippen LogP contribution in [-0.2, 0) is 25.6 Å². The molecule has 0 saturated heterocycles. The van der Waals surface area contributed by atoms with Crippen molar-refractivity contribution in [2.24, 2.45) is 0 Å². The number of benzene rings is 1. The first-order chi connectivity index (χ1) is 8.95. The summed E-state index contributed by atoms with van der Waals surface area (Å²) in [6.07, 6.45) is 3.85. The van der Waals surface area contributed by atoms with Crippen LogP contribution in [0.4, 0.5) is 0 Å². The molecule has 0 atom stereocenters. The molecule has 0 N–H and O–H groups in total. The van der Waals surface area contributed by atoms with Gasteiger partial charge in [0.25, 0.3) is 0 Å². The quantitative estimate of drug-likeness (QED) is 0.512. The Bertz CT molecular complexity index is 737. The number of hydrogen-bond acceptors (Lipinski definition) is 3. The van der Waals surface area contributed by atoms with Gasteiger partial charge in [-0.3, -0.25) is 9.97 Å². The van der Waals surface area contributed by atoms with Crippen LogP contribution >= 0.6 is 11.3 Å². The van der Waals surface area contributed by atoms with Crippen LogP contribution in [0, 0.1) is 13.0 Å². The van der Waals surface area contributed by atoms with Crippen LogP contribution in [-0.4, -0.2) is 14.5 Å². The average molecular weight is 463 g/mol. The van der Waals surface area contributed by atoms with Gasteiger partial charge in [-0.05, 0) is 37.9 Å². The summed E-state index contributed by atoms with van der Waals surface area (Å²) in [4.78, 5) is 9.01. The molecule has 0 saturated carbocycles. The molecule has 3 rings (SSSR count). The second-order valence-corrected chi connectivity index (χ2v) is 6.86. The van der Waals surface area contributed by atoms with Crippen molar-refractivity contribution in [2.75, 3.05) is 0 Å². The maximum Gasteiger partial charge on any atom is 0.0796 e. The second kappa shape index (κ2) is 5.40. The number of aromatic nitrogens is 3. The van der Waals surface area contributed by atoms with E-state index in [0.29, 0.717) is 0 Å². The molecule has 1 aromatic carbocycles. The summed E-state index contributed by atoms with van der Waals surface area (Å²) >= 11 is 1.70. The standard InChI is InChI=1S/C15H16N3S.Ir/c1-10-17-12-9-11(5-6-13(12)19-10)14-16-7-8-18(14)15(2,3)4;/h6-9H,1-4H3;/q-1;. The third kappa shape index (κ3) is 2.71. The summed E-state index contributed by atoms with van der Waals surface area (Å²) in [6, 6.07) is 7.41. The van der Waals surface area contributed by atoms with E-state index in [0.717, 1.165) is 21.9 Å². The van der Waals surface area contributed by atoms with E-state index in [-0.39, 0.29) is 25.6 Å². The van der Waals surface area contributed by atoms with Crippen molar-refractivity contribution in [2.45, 2.75) is 33.2 Å². The Hall–Kier alpha value is -1.03. The smallest absolute Gasteiger partial charge is 0.0796 e. The molecule has 1 radical (unpaired) electrons. The molecule has 2 aromatic heterocycles. The van der Waals surface area contributed by atoms with Gasteiger partial charge in [-0.2, -0.15) is 11.3 Å². The van der Waals surface area contributed by atoms with E-state index in [1.807, 2.05) is 25.4 Å². The molecule has 0 unspecified atom stereocenters. The Morgan fingerprint density at radius 2 is 2.05 bits per heavy atom. The summed E-state index contributed by atoms with van der Waals surface area (Å²) in [5.74, 6) is 0.944. The number of imidazole rings is 1. The Morgan fingerprint density at radius 3 is 2.75 bits per heavy atom. The van der Waals surface area contributed by atoms with Crippen LogP contribution in [0.5, 0.6) is 0 Å². The molecule has 0 aliphatic carbocycles. The van der Waals surface area contributed by atoms with Crippen LogP contribution in [0.25, 0.3) is 21.6 Å². The normalized spacial score (nSPS) is 11.6. The van der Waals surface area contributed by atoms with Crippen LogP contribution in [0.3, 0.4) is 0 Å². The van der Waals surface area contributed by atoms with Crippen LogP contribution < -0.4 is 0 Å². The molecular weight excluding hydrogens is 446 g/mol. The van der Waals surface area contributed by atoms with Crippen molar-refractivity contribution in [3.8, 4) is 11.4 Å². The minimum absolute atomic E-state index is 0. The molecule has 3 aromatic rings. The van der Waals surface area contributed by atoms with Crippen molar-refractivity contribution in [3.63, 3.8) is 0 Å². The Balaban J connectivity index is 0.00000147. The monoisotopic (exact) mass is 463 g/mol. The summed E-state index contributed by atoms with van der Waals surface area (Å²) < 4.78 is 3.35. The number of thiazole rings is 1. The maximum absolute atomic E-state index is 4.54. The third-order valence-electron chi connectivity index (χ3n) is 3.03. The van der Waals surface area contributed by atoms with Crippen molar-refractivity contribution in [1.29, 1.82) is 0 Å². The molecular formula is C15H16IrN3S-. The molecule has 5 heteroatoms. The Morgan fingerprint density at radius 1 is 1.30 bits per heavy atom. The van der Waals surface area contributed by atoms with Crippen LogP contribution in [0.2, 0.25) is 0 Å². The van der Waals surface area contributed by atoms with Crippen LogP contribution in [0.15, 0.2) is 24.5 Å². The summed E-state index contributed by atoms with van der Waals surface area (Å²) in [7, 11) is 0. The number of rotatable bonds is 1. The van der Waals surface area contributed by atoms with Gasteiger partial charge in [-0.25, -0.2) is 0 Å². The van der Waals surface area contributed by atoms with Gasteiger partial charge < -0.3 is 4.57 Å². The molecule has 0 fully saturated rings. The molecule has 20 heavy (non-hydrogen) atoms. The molecule has 0 aliphatic heterocycles. The maximum atomic E-state index is 4.54. The number of fused-ring (bicyclic) bond motifs is 1. The zero-order valence-electron chi connectivity index (χ0n) is 11.9. The minimum Gasteiger partial charge on any atom is -0.366 e. The average Bonchev–Trinajstić information content (AvgIpc) is 2.90. The van der Waals surface area contributed by atoms with Gasteiger partial charge in [0, 0.05) is 38.0 Å². The van der Waals surface area contributed by atoms with E-state index in [1.54, 1.807) is 11.3 Å². The van der Waals surface area contributed by atoms with E-state index < -0.39 is 0 Å². The Labute approximate surface area is 136 Å². The topological polar surface area (TPSA) is 30.7 Å². The fraction of sp³-hybridized carbons (Fsp3) is 0.333. The molecule has 0 spiro atoms. The molecule has 0 aliphatic rings. The molecule has 2 heterocycles. The van der Waals surface area contributed by atoms with Crippen molar-refractivity contribution in [1.82, 2.24) is 14.5 Å². The molecule has 0 amide bonds. The summed E-state index contributed by atoms with van der Waals surface area (Å²) in [6.45, 7) is 8.54. The predicted octanol–water partition coefficient (Wildman–Crippen LogP) is 4.02. The van der Waals surface area contributed by atoms with Gasteiger partial charge in [0.1, 0.15) is 0 Å². The van der Waals surface area contributed by atoms with E-state index in [1.165, 1.54) is 4.70 Å². The zero-order chi connectivity index (χ0) is 13.6. The number of aryl methyl sites for hydroxylation is 1. The SMILES string of the molecule is Cc1nc2cc(-c3nccn3C(C)(C)C)[c-]cc2s1.[Ir].